The van der Waals surface area contributed by atoms with Gasteiger partial charge in [-0.3, -0.25) is 0 Å². The van der Waals surface area contributed by atoms with Gasteiger partial charge in [0, 0.05) is 43.4 Å². The fourth-order valence-electron chi connectivity index (χ4n) is 9.57. The molecular weight excluding hydrogens is 657 g/mol. The lowest BCUT2D eigenvalue weighted by atomic mass is 9.82. The second-order valence-corrected chi connectivity index (χ2v) is 15.3. The molecule has 0 amide bonds. The Kier molecular flexibility index (Phi) is 5.84. The second kappa shape index (κ2) is 10.6. The molecule has 0 N–H and O–H groups in total. The Morgan fingerprint density at radius 3 is 1.87 bits per heavy atom. The standard InChI is InChI=1S/C51H34N2O/c1-51(2)42-19-9-6-15-34(42)38-29-41-40-28-32(31-23-25-45-39(27-31)35-16-7-10-20-44(35)52(45)33-13-4-3-5-14-33)24-26-46(40)53(48(41)30-43(38)51)47-21-12-18-37-36-17-8-11-22-49(36)54-50(37)47/h3-30H,1-2H3. The van der Waals surface area contributed by atoms with E-state index >= 15 is 0 Å². The highest BCUT2D eigenvalue weighted by Crippen LogP contribution is 2.51. The van der Waals surface area contributed by atoms with Gasteiger partial charge in [-0.05, 0) is 100 Å². The summed E-state index contributed by atoms with van der Waals surface area (Å²) in [6.07, 6.45) is 0. The summed E-state index contributed by atoms with van der Waals surface area (Å²) in [6.45, 7) is 4.72. The maximum Gasteiger partial charge on any atom is 0.159 e. The molecule has 0 radical (unpaired) electrons. The molecule has 3 heteroatoms. The Hall–Kier alpha value is -6.84. The van der Waals surface area contributed by atoms with Crippen LogP contribution in [0, 0.1) is 0 Å². The number of nitrogens with zero attached hydrogens (tertiary/aromatic N) is 2. The summed E-state index contributed by atoms with van der Waals surface area (Å²) in [5, 5.41) is 7.25. The molecule has 8 aromatic carbocycles. The van der Waals surface area contributed by atoms with Crippen LogP contribution in [0.2, 0.25) is 0 Å². The molecule has 1 aliphatic carbocycles. The van der Waals surface area contributed by atoms with Gasteiger partial charge >= 0.3 is 0 Å². The molecule has 11 aromatic rings. The normalized spacial score (nSPS) is 13.5. The van der Waals surface area contributed by atoms with E-state index in [-0.39, 0.29) is 5.41 Å². The zero-order valence-corrected chi connectivity index (χ0v) is 30.0. The number of hydrogen-bond acceptors (Lipinski definition) is 1. The average molecular weight is 691 g/mol. The summed E-state index contributed by atoms with van der Waals surface area (Å²) in [6, 6.07) is 62.1. The first-order chi connectivity index (χ1) is 26.5. The minimum Gasteiger partial charge on any atom is -0.454 e. The summed E-state index contributed by atoms with van der Waals surface area (Å²) < 4.78 is 11.5. The predicted octanol–water partition coefficient (Wildman–Crippen LogP) is 13.8. The van der Waals surface area contributed by atoms with Crippen molar-refractivity contribution in [3.05, 3.63) is 181 Å². The first-order valence-corrected chi connectivity index (χ1v) is 18.8. The van der Waals surface area contributed by atoms with Gasteiger partial charge in [0.1, 0.15) is 5.58 Å². The van der Waals surface area contributed by atoms with Crippen LogP contribution in [0.4, 0.5) is 0 Å². The van der Waals surface area contributed by atoms with E-state index in [4.69, 9.17) is 4.42 Å². The van der Waals surface area contributed by atoms with E-state index in [9.17, 15) is 0 Å². The van der Waals surface area contributed by atoms with Crippen molar-refractivity contribution < 1.29 is 4.42 Å². The quantitative estimate of drug-likeness (QED) is 0.181. The number of hydrogen-bond donors (Lipinski definition) is 0. The molecule has 1 aliphatic rings. The van der Waals surface area contributed by atoms with E-state index in [1.807, 2.05) is 6.07 Å². The lowest BCUT2D eigenvalue weighted by Gasteiger charge is -2.21. The smallest absolute Gasteiger partial charge is 0.159 e. The van der Waals surface area contributed by atoms with E-state index in [0.29, 0.717) is 0 Å². The van der Waals surface area contributed by atoms with Gasteiger partial charge in [-0.2, -0.15) is 0 Å². The molecule has 0 aliphatic heterocycles. The maximum absolute atomic E-state index is 6.67. The van der Waals surface area contributed by atoms with Crippen LogP contribution in [0.25, 0.3) is 99.2 Å². The number of fused-ring (bicyclic) bond motifs is 12. The van der Waals surface area contributed by atoms with Crippen molar-refractivity contribution >= 4 is 65.6 Å². The van der Waals surface area contributed by atoms with Gasteiger partial charge in [-0.1, -0.05) is 117 Å². The van der Waals surface area contributed by atoms with Crippen LogP contribution in [0.5, 0.6) is 0 Å². The third-order valence-electron chi connectivity index (χ3n) is 12.1. The van der Waals surface area contributed by atoms with Crippen LogP contribution >= 0.6 is 0 Å². The molecule has 12 rings (SSSR count). The summed E-state index contributed by atoms with van der Waals surface area (Å²) in [5.41, 5.74) is 16.5. The van der Waals surface area contributed by atoms with Gasteiger partial charge < -0.3 is 13.6 Å². The lowest BCUT2D eigenvalue weighted by molar-refractivity contribution is 0.660. The van der Waals surface area contributed by atoms with Crippen LogP contribution in [0.3, 0.4) is 0 Å². The maximum atomic E-state index is 6.67. The minimum absolute atomic E-state index is 0.119. The zero-order chi connectivity index (χ0) is 35.7. The molecular formula is C51H34N2O. The molecule has 54 heavy (non-hydrogen) atoms. The summed E-state index contributed by atoms with van der Waals surface area (Å²) in [4.78, 5) is 0. The predicted molar refractivity (Wildman–Crippen MR) is 225 cm³/mol. The van der Waals surface area contributed by atoms with Crippen molar-refractivity contribution in [3.8, 4) is 33.6 Å². The van der Waals surface area contributed by atoms with Gasteiger partial charge in [0.2, 0.25) is 0 Å². The van der Waals surface area contributed by atoms with Crippen molar-refractivity contribution in [2.24, 2.45) is 0 Å². The topological polar surface area (TPSA) is 23.0 Å². The van der Waals surface area contributed by atoms with Crippen molar-refractivity contribution in [1.29, 1.82) is 0 Å². The first-order valence-electron chi connectivity index (χ1n) is 18.8. The zero-order valence-electron chi connectivity index (χ0n) is 30.0. The van der Waals surface area contributed by atoms with E-state index < -0.39 is 0 Å². The van der Waals surface area contributed by atoms with Crippen molar-refractivity contribution in [2.45, 2.75) is 19.3 Å². The van der Waals surface area contributed by atoms with Gasteiger partial charge in [0.05, 0.1) is 27.8 Å². The molecule has 0 unspecified atom stereocenters. The number of para-hydroxylation sites is 4. The Balaban J connectivity index is 1.14. The first kappa shape index (κ1) is 29.7. The SMILES string of the molecule is CC1(C)c2ccccc2-c2cc3c4cc(-c5ccc6c(c5)c5ccccc5n6-c5ccccc5)ccc4n(-c4cccc5c4oc4ccccc45)c3cc21. The third-order valence-corrected chi connectivity index (χ3v) is 12.1. The molecule has 0 bridgehead atoms. The highest BCUT2D eigenvalue weighted by atomic mass is 16.3. The van der Waals surface area contributed by atoms with Crippen LogP contribution in [-0.4, -0.2) is 9.13 Å². The largest absolute Gasteiger partial charge is 0.454 e. The molecule has 0 spiro atoms. The van der Waals surface area contributed by atoms with Crippen molar-refractivity contribution in [2.75, 3.05) is 0 Å². The van der Waals surface area contributed by atoms with E-state index in [1.54, 1.807) is 0 Å². The number of furan rings is 1. The highest BCUT2D eigenvalue weighted by molar-refractivity contribution is 6.16. The van der Waals surface area contributed by atoms with E-state index in [2.05, 4.69) is 187 Å². The molecule has 0 saturated heterocycles. The van der Waals surface area contributed by atoms with Crippen LogP contribution in [-0.2, 0) is 5.41 Å². The molecule has 254 valence electrons. The average Bonchev–Trinajstić information content (AvgIpc) is 3.92. The summed E-state index contributed by atoms with van der Waals surface area (Å²) >= 11 is 0. The molecule has 0 saturated carbocycles. The Morgan fingerprint density at radius 2 is 1.04 bits per heavy atom. The monoisotopic (exact) mass is 690 g/mol. The van der Waals surface area contributed by atoms with Crippen LogP contribution in [0.15, 0.2) is 174 Å². The van der Waals surface area contributed by atoms with Gasteiger partial charge in [0.15, 0.2) is 5.58 Å². The Morgan fingerprint density at radius 1 is 0.407 bits per heavy atom. The Labute approximate surface area is 311 Å². The number of rotatable bonds is 3. The molecule has 3 aromatic heterocycles. The Bertz CT molecular complexity index is 3350. The second-order valence-electron chi connectivity index (χ2n) is 15.3. The van der Waals surface area contributed by atoms with E-state index in [0.717, 1.165) is 27.6 Å². The lowest BCUT2D eigenvalue weighted by Crippen LogP contribution is -2.14. The summed E-state index contributed by atoms with van der Waals surface area (Å²) in [7, 11) is 0. The van der Waals surface area contributed by atoms with Crippen LogP contribution in [0.1, 0.15) is 25.0 Å². The van der Waals surface area contributed by atoms with Crippen molar-refractivity contribution in [3.63, 3.8) is 0 Å². The molecule has 3 heterocycles. The van der Waals surface area contributed by atoms with Gasteiger partial charge in [0.25, 0.3) is 0 Å². The molecule has 0 fully saturated rings. The van der Waals surface area contributed by atoms with Crippen molar-refractivity contribution in [1.82, 2.24) is 9.13 Å². The molecule has 0 atom stereocenters. The number of benzene rings is 8. The third kappa shape index (κ3) is 3.91. The highest BCUT2D eigenvalue weighted by Gasteiger charge is 2.36. The fourth-order valence-corrected chi connectivity index (χ4v) is 9.57. The van der Waals surface area contributed by atoms with Gasteiger partial charge in [-0.25, -0.2) is 0 Å². The molecule has 3 nitrogen and oxygen atoms in total. The fraction of sp³-hybridized carbons (Fsp3) is 0.0588. The minimum atomic E-state index is -0.119. The summed E-state index contributed by atoms with van der Waals surface area (Å²) in [5.74, 6) is 0. The van der Waals surface area contributed by atoms with E-state index in [1.165, 1.54) is 82.7 Å². The van der Waals surface area contributed by atoms with Crippen LogP contribution < -0.4 is 0 Å². The number of aromatic nitrogens is 2. The van der Waals surface area contributed by atoms with Gasteiger partial charge in [-0.15, -0.1) is 0 Å².